The maximum atomic E-state index is 5.90. The first-order valence-corrected chi connectivity index (χ1v) is 7.55. The summed E-state index contributed by atoms with van der Waals surface area (Å²) in [6.07, 6.45) is 0. The number of hydrogen-bond acceptors (Lipinski definition) is 4. The number of ether oxygens (including phenoxy) is 2. The van der Waals surface area contributed by atoms with Crippen molar-refractivity contribution in [2.75, 3.05) is 19.5 Å². The fourth-order valence-corrected chi connectivity index (χ4v) is 2.40. The minimum absolute atomic E-state index is 0.461. The van der Waals surface area contributed by atoms with E-state index < -0.39 is 0 Å². The molecule has 2 aromatic carbocycles. The molecule has 5 heteroatoms. The Kier molecular flexibility index (Phi) is 4.10. The monoisotopic (exact) mass is 310 g/mol. The average Bonchev–Trinajstić information content (AvgIpc) is 2.93. The van der Waals surface area contributed by atoms with Gasteiger partial charge in [-0.1, -0.05) is 19.9 Å². The number of H-pyrrole nitrogens is 1. The van der Waals surface area contributed by atoms with Crippen molar-refractivity contribution in [1.82, 2.24) is 10.2 Å². The van der Waals surface area contributed by atoms with Crippen LogP contribution in [-0.4, -0.2) is 23.9 Å². The largest absolute Gasteiger partial charge is 0.495 e. The van der Waals surface area contributed by atoms with Crippen LogP contribution in [0.3, 0.4) is 0 Å². The summed E-state index contributed by atoms with van der Waals surface area (Å²) in [5, 5.41) is 7.82. The molecule has 0 atom stereocenters. The van der Waals surface area contributed by atoms with Gasteiger partial charge in [0.15, 0.2) is 5.82 Å². The molecule has 0 aliphatic heterocycles. The predicted octanol–water partition coefficient (Wildman–Crippen LogP) is 3.66. The lowest BCUT2D eigenvalue weighted by molar-refractivity contribution is 0.270. The third-order valence-electron chi connectivity index (χ3n) is 3.57. The topological polar surface area (TPSA) is 73.2 Å². The van der Waals surface area contributed by atoms with Crippen LogP contribution in [-0.2, 0) is 0 Å². The van der Waals surface area contributed by atoms with Crippen LogP contribution in [0.1, 0.15) is 13.8 Å². The molecule has 0 aliphatic rings. The second-order valence-corrected chi connectivity index (χ2v) is 5.86. The molecular weight excluding hydrogens is 290 g/mol. The Balaban J connectivity index is 2.04. The van der Waals surface area contributed by atoms with Crippen LogP contribution in [0, 0.1) is 12.0 Å². The quantitative estimate of drug-likeness (QED) is 0.754. The van der Waals surface area contributed by atoms with Gasteiger partial charge in [-0.15, -0.1) is 0 Å². The van der Waals surface area contributed by atoms with Crippen LogP contribution >= 0.6 is 0 Å². The Morgan fingerprint density at radius 3 is 2.87 bits per heavy atom. The summed E-state index contributed by atoms with van der Waals surface area (Å²) in [7, 11) is 1.63. The standard InChI is InChI=1S/C18H20N3O2/c1-11(2)10-23-13-5-7-17(22-3)14(9-13)12-4-6-16-15(8-12)18(19)21-20-16/h4-6,8-9,11H,10H2,1-3H3,(H3,19,20,21). The number of nitrogens with one attached hydrogen (secondary N) is 1. The molecule has 0 saturated carbocycles. The van der Waals surface area contributed by atoms with Gasteiger partial charge in [-0.25, -0.2) is 0 Å². The van der Waals surface area contributed by atoms with Gasteiger partial charge in [0.1, 0.15) is 11.5 Å². The van der Waals surface area contributed by atoms with Crippen molar-refractivity contribution in [1.29, 1.82) is 0 Å². The number of benzene rings is 2. The highest BCUT2D eigenvalue weighted by Gasteiger charge is 2.11. The average molecular weight is 310 g/mol. The first-order chi connectivity index (χ1) is 11.1. The molecule has 0 fully saturated rings. The van der Waals surface area contributed by atoms with Crippen molar-refractivity contribution in [3.63, 3.8) is 0 Å². The van der Waals surface area contributed by atoms with Gasteiger partial charge < -0.3 is 15.2 Å². The van der Waals surface area contributed by atoms with Crippen LogP contribution in [0.4, 0.5) is 5.82 Å². The van der Waals surface area contributed by atoms with Gasteiger partial charge in [0.05, 0.1) is 19.2 Å². The van der Waals surface area contributed by atoms with Crippen molar-refractivity contribution >= 4 is 16.7 Å². The number of rotatable bonds is 5. The first kappa shape index (κ1) is 15.2. The Bertz CT molecular complexity index is 824. The number of fused-ring (bicyclic) bond motifs is 1. The summed E-state index contributed by atoms with van der Waals surface area (Å²) >= 11 is 0. The van der Waals surface area contributed by atoms with Crippen LogP contribution in [0.15, 0.2) is 30.3 Å². The lowest BCUT2D eigenvalue weighted by Gasteiger charge is -2.13. The Labute approximate surface area is 135 Å². The Morgan fingerprint density at radius 2 is 2.13 bits per heavy atom. The fraction of sp³-hybridized carbons (Fsp3) is 0.278. The SMILES string of the molecule is COc1[c]cc(OCC(C)C)cc1-c1ccc2[nH]nc(N)c2c1. The molecule has 119 valence electrons. The van der Waals surface area contributed by atoms with Gasteiger partial charge in [-0.3, -0.25) is 5.10 Å². The maximum Gasteiger partial charge on any atom is 0.153 e. The summed E-state index contributed by atoms with van der Waals surface area (Å²) in [6.45, 7) is 4.89. The highest BCUT2D eigenvalue weighted by Crippen LogP contribution is 2.35. The molecule has 1 aromatic heterocycles. The van der Waals surface area contributed by atoms with E-state index in [0.717, 1.165) is 27.8 Å². The van der Waals surface area contributed by atoms with Crippen LogP contribution in [0.2, 0.25) is 0 Å². The normalized spacial score (nSPS) is 11.1. The smallest absolute Gasteiger partial charge is 0.153 e. The van der Waals surface area contributed by atoms with E-state index in [1.165, 1.54) is 0 Å². The van der Waals surface area contributed by atoms with Crippen molar-refractivity contribution in [2.45, 2.75) is 13.8 Å². The molecule has 0 spiro atoms. The number of nitrogens with two attached hydrogens (primary N) is 1. The van der Waals surface area contributed by atoms with Gasteiger partial charge in [0.25, 0.3) is 0 Å². The van der Waals surface area contributed by atoms with Crippen molar-refractivity contribution in [3.05, 3.63) is 36.4 Å². The third kappa shape index (κ3) is 3.08. The highest BCUT2D eigenvalue weighted by molar-refractivity contribution is 5.93. The zero-order valence-electron chi connectivity index (χ0n) is 13.5. The zero-order valence-corrected chi connectivity index (χ0v) is 13.5. The second kappa shape index (κ2) is 6.20. The van der Waals surface area contributed by atoms with Crippen molar-refractivity contribution in [3.8, 4) is 22.6 Å². The van der Waals surface area contributed by atoms with Crippen LogP contribution in [0.25, 0.3) is 22.0 Å². The lowest BCUT2D eigenvalue weighted by Crippen LogP contribution is -2.04. The number of hydrogen-bond donors (Lipinski definition) is 2. The first-order valence-electron chi connectivity index (χ1n) is 7.55. The molecule has 0 unspecified atom stereocenters. The molecule has 1 heterocycles. The second-order valence-electron chi connectivity index (χ2n) is 5.86. The molecule has 5 nitrogen and oxygen atoms in total. The summed E-state index contributed by atoms with van der Waals surface area (Å²) in [5.74, 6) is 2.39. The predicted molar refractivity (Wildman–Crippen MR) is 91.7 cm³/mol. The number of methoxy groups -OCH3 is 1. The molecule has 3 rings (SSSR count). The van der Waals surface area contributed by atoms with E-state index in [4.69, 9.17) is 15.2 Å². The maximum absolute atomic E-state index is 5.90. The van der Waals surface area contributed by atoms with E-state index in [1.54, 1.807) is 13.2 Å². The molecular formula is C18H20N3O2. The minimum atomic E-state index is 0.461. The molecule has 1 radical (unpaired) electrons. The zero-order chi connectivity index (χ0) is 16.4. The molecule has 3 aromatic rings. The highest BCUT2D eigenvalue weighted by atomic mass is 16.5. The van der Waals surface area contributed by atoms with Gasteiger partial charge in [-0.05, 0) is 35.7 Å². The minimum Gasteiger partial charge on any atom is -0.495 e. The number of aromatic amines is 1. The summed E-state index contributed by atoms with van der Waals surface area (Å²) < 4.78 is 11.2. The summed E-state index contributed by atoms with van der Waals surface area (Å²) in [6, 6.07) is 12.8. The number of nitrogens with zero attached hydrogens (tertiary/aromatic N) is 1. The number of aromatic nitrogens is 2. The summed E-state index contributed by atoms with van der Waals surface area (Å²) in [5.41, 5.74) is 8.70. The van der Waals surface area contributed by atoms with Crippen molar-refractivity contribution < 1.29 is 9.47 Å². The molecule has 0 bridgehead atoms. The van der Waals surface area contributed by atoms with Gasteiger partial charge >= 0.3 is 0 Å². The lowest BCUT2D eigenvalue weighted by atomic mass is 10.0. The van der Waals surface area contributed by atoms with Crippen molar-refractivity contribution in [2.24, 2.45) is 5.92 Å². The molecule has 23 heavy (non-hydrogen) atoms. The molecule has 0 saturated heterocycles. The fourth-order valence-electron chi connectivity index (χ4n) is 2.40. The molecule has 3 N–H and O–H groups in total. The van der Waals surface area contributed by atoms with Crippen LogP contribution < -0.4 is 15.2 Å². The van der Waals surface area contributed by atoms with Gasteiger partial charge in [-0.2, -0.15) is 5.10 Å². The Morgan fingerprint density at radius 1 is 1.30 bits per heavy atom. The van der Waals surface area contributed by atoms with Gasteiger partial charge in [0.2, 0.25) is 0 Å². The van der Waals surface area contributed by atoms with E-state index in [2.05, 4.69) is 30.1 Å². The third-order valence-corrected chi connectivity index (χ3v) is 3.57. The Hall–Kier alpha value is -2.69. The van der Waals surface area contributed by atoms with E-state index in [1.807, 2.05) is 24.3 Å². The van der Waals surface area contributed by atoms with Gasteiger partial charge in [0, 0.05) is 17.0 Å². The number of nitrogen functional groups attached to an aromatic ring is 1. The van der Waals surface area contributed by atoms with E-state index >= 15 is 0 Å². The van der Waals surface area contributed by atoms with Crippen LogP contribution in [0.5, 0.6) is 11.5 Å². The summed E-state index contributed by atoms with van der Waals surface area (Å²) in [4.78, 5) is 0. The van der Waals surface area contributed by atoms with E-state index in [9.17, 15) is 0 Å². The van der Waals surface area contributed by atoms with E-state index in [-0.39, 0.29) is 0 Å². The molecule has 0 amide bonds. The number of anilines is 1. The van der Waals surface area contributed by atoms with E-state index in [0.29, 0.717) is 24.1 Å². The molecule has 0 aliphatic carbocycles.